The van der Waals surface area contributed by atoms with E-state index in [2.05, 4.69) is 0 Å². The van der Waals surface area contributed by atoms with E-state index in [1.54, 1.807) is 45.2 Å². The Morgan fingerprint density at radius 2 is 2.04 bits per heavy atom. The van der Waals surface area contributed by atoms with Crippen LogP contribution in [-0.4, -0.2) is 24.4 Å². The van der Waals surface area contributed by atoms with Crippen LogP contribution in [-0.2, 0) is 0 Å². The Kier molecular flexibility index (Phi) is 6.04. The molecule has 2 rings (SSSR count). The van der Waals surface area contributed by atoms with Crippen LogP contribution in [0.3, 0.4) is 0 Å². The van der Waals surface area contributed by atoms with Crippen molar-refractivity contribution in [1.29, 1.82) is 0 Å². The smallest absolute Gasteiger partial charge is 0.336 e. The van der Waals surface area contributed by atoms with E-state index in [4.69, 9.17) is 13.9 Å². The summed E-state index contributed by atoms with van der Waals surface area (Å²) >= 11 is 0. The van der Waals surface area contributed by atoms with Gasteiger partial charge in [-0.15, -0.1) is 0 Å². The first-order valence-corrected chi connectivity index (χ1v) is 8.09. The zero-order valence-electron chi connectivity index (χ0n) is 15.0. The van der Waals surface area contributed by atoms with Crippen molar-refractivity contribution in [2.75, 3.05) is 13.7 Å². The van der Waals surface area contributed by atoms with Crippen LogP contribution in [0.5, 0.6) is 11.5 Å². The summed E-state index contributed by atoms with van der Waals surface area (Å²) in [6, 6.07) is 6.49. The summed E-state index contributed by atoms with van der Waals surface area (Å²) in [5, 5.41) is 10.4. The molecule has 25 heavy (non-hydrogen) atoms. The summed E-state index contributed by atoms with van der Waals surface area (Å²) in [7, 11) is 1.57. The fourth-order valence-electron chi connectivity index (χ4n) is 2.24. The van der Waals surface area contributed by atoms with Gasteiger partial charge in [-0.3, -0.25) is 0 Å². The second-order valence-electron chi connectivity index (χ2n) is 6.42. The molecule has 0 saturated carbocycles. The third-order valence-corrected chi connectivity index (χ3v) is 3.54. The van der Waals surface area contributed by atoms with Crippen LogP contribution < -0.4 is 15.1 Å². The molecule has 1 N–H and O–H groups in total. The van der Waals surface area contributed by atoms with Crippen LogP contribution in [0.2, 0.25) is 0 Å². The van der Waals surface area contributed by atoms with E-state index in [-0.39, 0.29) is 0 Å². The zero-order chi connectivity index (χ0) is 18.4. The van der Waals surface area contributed by atoms with Crippen LogP contribution >= 0.6 is 0 Å². The van der Waals surface area contributed by atoms with Crippen LogP contribution in [0.15, 0.2) is 57.3 Å². The SMILES string of the molecule is COc1cc2ccc(=O)oc2cc1OC/C=C(\C)C/C=C/C(C)(C)O. The Balaban J connectivity index is 2.08. The molecule has 2 aromatic rings. The molecule has 0 saturated heterocycles. The monoisotopic (exact) mass is 344 g/mol. The number of ether oxygens (including phenoxy) is 2. The van der Waals surface area contributed by atoms with Crippen LogP contribution in [0, 0.1) is 0 Å². The van der Waals surface area contributed by atoms with Gasteiger partial charge in [0.05, 0.1) is 12.7 Å². The summed E-state index contributed by atoms with van der Waals surface area (Å²) in [6.07, 6.45) is 6.38. The molecule has 5 nitrogen and oxygen atoms in total. The third-order valence-electron chi connectivity index (χ3n) is 3.54. The average molecular weight is 344 g/mol. The van der Waals surface area contributed by atoms with Crippen molar-refractivity contribution in [1.82, 2.24) is 0 Å². The number of benzene rings is 1. The molecule has 1 aromatic heterocycles. The van der Waals surface area contributed by atoms with Gasteiger partial charge in [-0.2, -0.15) is 0 Å². The first kappa shape index (κ1) is 18.8. The summed E-state index contributed by atoms with van der Waals surface area (Å²) in [5.41, 5.74) is 0.362. The zero-order valence-corrected chi connectivity index (χ0v) is 15.0. The molecular weight excluding hydrogens is 320 g/mol. The predicted molar refractivity (Wildman–Crippen MR) is 98.3 cm³/mol. The lowest BCUT2D eigenvalue weighted by Crippen LogP contribution is -2.13. The quantitative estimate of drug-likeness (QED) is 0.610. The molecule has 0 unspecified atom stereocenters. The van der Waals surface area contributed by atoms with Crippen molar-refractivity contribution < 1.29 is 19.0 Å². The molecule has 0 atom stereocenters. The molecule has 0 aliphatic heterocycles. The summed E-state index contributed by atoms with van der Waals surface area (Å²) in [6.45, 7) is 5.82. The van der Waals surface area contributed by atoms with Gasteiger partial charge in [0, 0.05) is 17.5 Å². The molecule has 5 heteroatoms. The van der Waals surface area contributed by atoms with Gasteiger partial charge in [0.1, 0.15) is 12.2 Å². The lowest BCUT2D eigenvalue weighted by atomic mass is 10.1. The van der Waals surface area contributed by atoms with E-state index in [1.165, 1.54) is 6.07 Å². The van der Waals surface area contributed by atoms with Gasteiger partial charge >= 0.3 is 5.63 Å². The van der Waals surface area contributed by atoms with Gasteiger partial charge in [-0.05, 0) is 45.4 Å². The lowest BCUT2D eigenvalue weighted by Gasteiger charge is -2.11. The second-order valence-corrected chi connectivity index (χ2v) is 6.42. The van der Waals surface area contributed by atoms with Crippen LogP contribution in [0.1, 0.15) is 27.2 Å². The third kappa shape index (κ3) is 5.80. The van der Waals surface area contributed by atoms with E-state index < -0.39 is 11.2 Å². The topological polar surface area (TPSA) is 68.9 Å². The average Bonchev–Trinajstić information content (AvgIpc) is 2.52. The summed E-state index contributed by atoms with van der Waals surface area (Å²) in [5.74, 6) is 1.09. The van der Waals surface area contributed by atoms with Gasteiger partial charge in [0.2, 0.25) is 0 Å². The molecule has 0 aliphatic carbocycles. The maximum absolute atomic E-state index is 11.4. The molecule has 0 fully saturated rings. The Bertz CT molecular complexity index is 837. The first-order valence-electron chi connectivity index (χ1n) is 8.09. The Hall–Kier alpha value is -2.53. The fourth-order valence-corrected chi connectivity index (χ4v) is 2.24. The lowest BCUT2D eigenvalue weighted by molar-refractivity contribution is 0.133. The van der Waals surface area contributed by atoms with E-state index >= 15 is 0 Å². The summed E-state index contributed by atoms with van der Waals surface area (Å²) < 4.78 is 16.3. The largest absolute Gasteiger partial charge is 0.493 e. The predicted octanol–water partition coefficient (Wildman–Crippen LogP) is 3.84. The number of hydrogen-bond donors (Lipinski definition) is 1. The standard InChI is InChI=1S/C20H24O5/c1-14(6-5-10-20(2,3)22)9-11-24-18-13-16-15(12-17(18)23-4)7-8-19(21)25-16/h5,7-10,12-13,22H,6,11H2,1-4H3/b10-5+,14-9+. The number of aliphatic hydroxyl groups is 1. The van der Waals surface area contributed by atoms with Crippen molar-refractivity contribution in [2.45, 2.75) is 32.8 Å². The molecule has 1 aromatic carbocycles. The highest BCUT2D eigenvalue weighted by atomic mass is 16.5. The molecule has 0 aliphatic rings. The van der Waals surface area contributed by atoms with Crippen LogP contribution in [0.25, 0.3) is 11.0 Å². The number of allylic oxidation sites excluding steroid dienone is 2. The van der Waals surface area contributed by atoms with E-state index in [1.807, 2.05) is 19.1 Å². The highest BCUT2D eigenvalue weighted by Gasteiger charge is 2.09. The van der Waals surface area contributed by atoms with Gasteiger partial charge in [-0.1, -0.05) is 17.7 Å². The van der Waals surface area contributed by atoms with Crippen molar-refractivity contribution in [3.8, 4) is 11.5 Å². The van der Waals surface area contributed by atoms with E-state index in [0.717, 1.165) is 17.4 Å². The molecule has 0 spiro atoms. The maximum Gasteiger partial charge on any atom is 0.336 e. The first-order chi connectivity index (χ1) is 11.8. The molecule has 134 valence electrons. The molecule has 1 heterocycles. The van der Waals surface area contributed by atoms with Crippen molar-refractivity contribution in [3.63, 3.8) is 0 Å². The van der Waals surface area contributed by atoms with Gasteiger partial charge in [-0.25, -0.2) is 4.79 Å². The Morgan fingerprint density at radius 3 is 2.72 bits per heavy atom. The Morgan fingerprint density at radius 1 is 1.28 bits per heavy atom. The van der Waals surface area contributed by atoms with Gasteiger partial charge < -0.3 is 19.0 Å². The number of rotatable bonds is 7. The summed E-state index contributed by atoms with van der Waals surface area (Å²) in [4.78, 5) is 11.4. The number of methoxy groups -OCH3 is 1. The van der Waals surface area contributed by atoms with Crippen molar-refractivity contribution in [2.24, 2.45) is 0 Å². The molecule has 0 bridgehead atoms. The van der Waals surface area contributed by atoms with E-state index in [9.17, 15) is 9.90 Å². The highest BCUT2D eigenvalue weighted by Crippen LogP contribution is 2.31. The fraction of sp³-hybridized carbons (Fsp3) is 0.350. The van der Waals surface area contributed by atoms with Gasteiger partial charge in [0.25, 0.3) is 0 Å². The Labute approximate surface area is 147 Å². The maximum atomic E-state index is 11.4. The molecule has 0 radical (unpaired) electrons. The minimum absolute atomic E-state index is 0.362. The second kappa shape index (κ2) is 8.03. The van der Waals surface area contributed by atoms with E-state index in [0.29, 0.717) is 23.7 Å². The van der Waals surface area contributed by atoms with Crippen LogP contribution in [0.4, 0.5) is 0 Å². The van der Waals surface area contributed by atoms with Crippen molar-refractivity contribution >= 4 is 11.0 Å². The minimum atomic E-state index is -0.806. The minimum Gasteiger partial charge on any atom is -0.493 e. The molecular formula is C20H24O5. The number of hydrogen-bond acceptors (Lipinski definition) is 5. The number of fused-ring (bicyclic) bond motifs is 1. The van der Waals surface area contributed by atoms with Crippen molar-refractivity contribution in [3.05, 3.63) is 58.5 Å². The normalized spacial score (nSPS) is 12.8. The molecule has 0 amide bonds. The highest BCUT2D eigenvalue weighted by molar-refractivity contribution is 5.80. The van der Waals surface area contributed by atoms with Gasteiger partial charge in [0.15, 0.2) is 11.5 Å².